The van der Waals surface area contributed by atoms with Crippen LogP contribution in [-0.4, -0.2) is 28.6 Å². The van der Waals surface area contributed by atoms with Crippen molar-refractivity contribution in [2.24, 2.45) is 0 Å². The molecule has 4 nitrogen and oxygen atoms in total. The van der Waals surface area contributed by atoms with Crippen LogP contribution < -0.4 is 4.90 Å². The van der Waals surface area contributed by atoms with Crippen LogP contribution in [0.4, 0.5) is 5.69 Å². The summed E-state index contributed by atoms with van der Waals surface area (Å²) in [6, 6.07) is 0.522. The molecule has 1 N–H and O–H groups in total. The average molecular weight is 234 g/mol. The number of hydrogen-bond acceptors (Lipinski definition) is 3. The Balaban J connectivity index is 2.22. The molecule has 92 valence electrons. The van der Waals surface area contributed by atoms with E-state index in [0.717, 1.165) is 11.1 Å². The predicted molar refractivity (Wildman–Crippen MR) is 66.3 cm³/mol. The molecule has 1 aromatic heterocycles. The first-order valence-electron chi connectivity index (χ1n) is 5.99. The largest absolute Gasteiger partial charge is 0.481 e. The van der Waals surface area contributed by atoms with Crippen LogP contribution in [0.2, 0.25) is 0 Å². The van der Waals surface area contributed by atoms with Crippen LogP contribution in [-0.2, 0) is 4.79 Å². The number of anilines is 1. The van der Waals surface area contributed by atoms with E-state index in [2.05, 4.69) is 9.88 Å². The summed E-state index contributed by atoms with van der Waals surface area (Å²) in [4.78, 5) is 17.1. The van der Waals surface area contributed by atoms with E-state index in [1.807, 2.05) is 26.2 Å². The SMILES string of the molecule is Cc1cncc(C)c1N(CCC(=O)O)C1CC1. The highest BCUT2D eigenvalue weighted by Crippen LogP contribution is 2.35. The maximum Gasteiger partial charge on any atom is 0.305 e. The number of hydrogen-bond donors (Lipinski definition) is 1. The molecule has 0 saturated heterocycles. The van der Waals surface area contributed by atoms with Crippen LogP contribution in [0.3, 0.4) is 0 Å². The molecule has 0 aromatic carbocycles. The quantitative estimate of drug-likeness (QED) is 0.848. The molecule has 1 fully saturated rings. The van der Waals surface area contributed by atoms with Gasteiger partial charge in [-0.15, -0.1) is 0 Å². The molecule has 1 aliphatic rings. The third kappa shape index (κ3) is 2.75. The zero-order chi connectivity index (χ0) is 12.4. The lowest BCUT2D eigenvalue weighted by Gasteiger charge is -2.27. The molecule has 0 radical (unpaired) electrons. The Morgan fingerprint density at radius 2 is 2.00 bits per heavy atom. The molecular formula is C13H18N2O2. The highest BCUT2D eigenvalue weighted by Gasteiger charge is 2.30. The predicted octanol–water partition coefficient (Wildman–Crippen LogP) is 2.14. The minimum Gasteiger partial charge on any atom is -0.481 e. The number of carbonyl (C=O) groups is 1. The van der Waals surface area contributed by atoms with E-state index in [4.69, 9.17) is 5.11 Å². The average Bonchev–Trinajstić information content (AvgIpc) is 3.05. The Bertz CT molecular complexity index is 407. The number of aliphatic carboxylic acids is 1. The summed E-state index contributed by atoms with van der Waals surface area (Å²) in [5.41, 5.74) is 3.42. The summed E-state index contributed by atoms with van der Waals surface area (Å²) in [5, 5.41) is 8.81. The maximum absolute atomic E-state index is 10.7. The van der Waals surface area contributed by atoms with E-state index in [1.54, 1.807) is 0 Å². The summed E-state index contributed by atoms with van der Waals surface area (Å²) in [7, 11) is 0. The summed E-state index contributed by atoms with van der Waals surface area (Å²) >= 11 is 0. The molecule has 1 saturated carbocycles. The first-order chi connectivity index (χ1) is 8.09. The van der Waals surface area contributed by atoms with Gasteiger partial charge in [0.15, 0.2) is 0 Å². The summed E-state index contributed by atoms with van der Waals surface area (Å²) in [6.07, 6.45) is 6.22. The van der Waals surface area contributed by atoms with Gasteiger partial charge in [0.1, 0.15) is 0 Å². The first-order valence-corrected chi connectivity index (χ1v) is 5.99. The molecule has 1 heterocycles. The molecule has 0 aliphatic heterocycles. The van der Waals surface area contributed by atoms with Gasteiger partial charge in [0.2, 0.25) is 0 Å². The van der Waals surface area contributed by atoms with Crippen molar-refractivity contribution in [3.8, 4) is 0 Å². The molecule has 0 atom stereocenters. The fourth-order valence-corrected chi connectivity index (χ4v) is 2.23. The first kappa shape index (κ1) is 11.9. The van der Waals surface area contributed by atoms with Crippen molar-refractivity contribution < 1.29 is 9.90 Å². The fraction of sp³-hybridized carbons (Fsp3) is 0.538. The van der Waals surface area contributed by atoms with Crippen LogP contribution >= 0.6 is 0 Å². The molecule has 0 unspecified atom stereocenters. The second-order valence-corrected chi connectivity index (χ2v) is 4.69. The van der Waals surface area contributed by atoms with E-state index in [-0.39, 0.29) is 6.42 Å². The van der Waals surface area contributed by atoms with Gasteiger partial charge in [-0.2, -0.15) is 0 Å². The normalized spacial score (nSPS) is 14.7. The maximum atomic E-state index is 10.7. The number of rotatable bonds is 5. The molecule has 0 amide bonds. The van der Waals surface area contributed by atoms with Gasteiger partial charge in [0, 0.05) is 30.7 Å². The van der Waals surface area contributed by atoms with Crippen molar-refractivity contribution in [2.45, 2.75) is 39.2 Å². The van der Waals surface area contributed by atoms with E-state index in [0.29, 0.717) is 12.6 Å². The van der Waals surface area contributed by atoms with Crippen LogP contribution in [0.25, 0.3) is 0 Å². The van der Waals surface area contributed by atoms with Gasteiger partial charge in [0.25, 0.3) is 0 Å². The van der Waals surface area contributed by atoms with Gasteiger partial charge in [-0.3, -0.25) is 9.78 Å². The molecule has 2 rings (SSSR count). The fourth-order valence-electron chi connectivity index (χ4n) is 2.23. The number of carboxylic acids is 1. The molecule has 4 heteroatoms. The van der Waals surface area contributed by atoms with E-state index in [9.17, 15) is 4.79 Å². The molecule has 17 heavy (non-hydrogen) atoms. The lowest BCUT2D eigenvalue weighted by atomic mass is 10.1. The van der Waals surface area contributed by atoms with Gasteiger partial charge in [-0.25, -0.2) is 0 Å². The smallest absolute Gasteiger partial charge is 0.305 e. The monoisotopic (exact) mass is 234 g/mol. The Kier molecular flexibility index (Phi) is 3.31. The third-order valence-electron chi connectivity index (χ3n) is 3.12. The van der Waals surface area contributed by atoms with Crippen molar-refractivity contribution in [1.82, 2.24) is 4.98 Å². The Morgan fingerprint density at radius 3 is 2.47 bits per heavy atom. The van der Waals surface area contributed by atoms with Gasteiger partial charge in [0.05, 0.1) is 6.42 Å². The number of aryl methyl sites for hydroxylation is 2. The van der Waals surface area contributed by atoms with E-state index >= 15 is 0 Å². The van der Waals surface area contributed by atoms with Gasteiger partial charge in [-0.1, -0.05) is 0 Å². The summed E-state index contributed by atoms with van der Waals surface area (Å²) < 4.78 is 0. The van der Waals surface area contributed by atoms with Crippen molar-refractivity contribution >= 4 is 11.7 Å². The number of aromatic nitrogens is 1. The van der Waals surface area contributed by atoms with E-state index < -0.39 is 5.97 Å². The lowest BCUT2D eigenvalue weighted by Crippen LogP contribution is -2.29. The van der Waals surface area contributed by atoms with Crippen LogP contribution in [0.5, 0.6) is 0 Å². The second kappa shape index (κ2) is 4.73. The highest BCUT2D eigenvalue weighted by molar-refractivity contribution is 5.68. The van der Waals surface area contributed by atoms with Gasteiger partial charge >= 0.3 is 5.97 Å². The summed E-state index contributed by atoms with van der Waals surface area (Å²) in [5.74, 6) is -0.736. The van der Waals surface area contributed by atoms with Gasteiger partial charge < -0.3 is 10.0 Å². The van der Waals surface area contributed by atoms with Crippen molar-refractivity contribution in [3.05, 3.63) is 23.5 Å². The summed E-state index contributed by atoms with van der Waals surface area (Å²) in [6.45, 7) is 4.66. The Labute approximate surface area is 101 Å². The molecule has 0 spiro atoms. The van der Waals surface area contributed by atoms with E-state index in [1.165, 1.54) is 18.5 Å². The topological polar surface area (TPSA) is 53.4 Å². The van der Waals surface area contributed by atoms with Gasteiger partial charge in [-0.05, 0) is 37.8 Å². The van der Waals surface area contributed by atoms with Crippen molar-refractivity contribution in [1.29, 1.82) is 0 Å². The third-order valence-corrected chi connectivity index (χ3v) is 3.12. The zero-order valence-electron chi connectivity index (χ0n) is 10.3. The number of pyridine rings is 1. The standard InChI is InChI=1S/C13H18N2O2/c1-9-7-14-8-10(2)13(9)15(11-3-4-11)6-5-12(16)17/h7-8,11H,3-6H2,1-2H3,(H,16,17). The minimum atomic E-state index is -0.736. The van der Waals surface area contributed by atoms with Crippen molar-refractivity contribution in [3.63, 3.8) is 0 Å². The number of carboxylic acid groups (broad SMARTS) is 1. The van der Waals surface area contributed by atoms with Crippen LogP contribution in [0.1, 0.15) is 30.4 Å². The second-order valence-electron chi connectivity index (χ2n) is 4.69. The Morgan fingerprint density at radius 1 is 1.41 bits per heavy atom. The highest BCUT2D eigenvalue weighted by atomic mass is 16.4. The van der Waals surface area contributed by atoms with Crippen molar-refractivity contribution in [2.75, 3.05) is 11.4 Å². The van der Waals surface area contributed by atoms with Crippen LogP contribution in [0, 0.1) is 13.8 Å². The molecule has 1 aromatic rings. The Hall–Kier alpha value is -1.58. The number of nitrogens with zero attached hydrogens (tertiary/aromatic N) is 2. The molecule has 0 bridgehead atoms. The lowest BCUT2D eigenvalue weighted by molar-refractivity contribution is -0.136. The zero-order valence-corrected chi connectivity index (χ0v) is 10.3. The van der Waals surface area contributed by atoms with Crippen LogP contribution in [0.15, 0.2) is 12.4 Å². The minimum absolute atomic E-state index is 0.192. The molecular weight excluding hydrogens is 216 g/mol. The molecule has 1 aliphatic carbocycles.